The van der Waals surface area contributed by atoms with Gasteiger partial charge in [-0.2, -0.15) is 9.30 Å². The fourth-order valence-corrected chi connectivity index (χ4v) is 4.79. The largest absolute Gasteiger partial charge is 0.351 e. The maximum absolute atomic E-state index is 13.1. The standard InChI is InChI=1S/C20H20ClN5O6S/c1-25(16(19(28)24-30)8-11-26-18(27)12-17(21)23-20(26)29)33(31,32)15-4-2-13(3-5-15)14-6-9-22-10-7-14/h2-7,9-10,16,30H,8,11-12H2,1H3,(H,24,28). The van der Waals surface area contributed by atoms with Crippen molar-refractivity contribution >= 4 is 44.6 Å². The molecule has 0 fully saturated rings. The predicted octanol–water partition coefficient (Wildman–Crippen LogP) is 1.62. The van der Waals surface area contributed by atoms with Crippen LogP contribution < -0.4 is 5.48 Å². The zero-order valence-corrected chi connectivity index (χ0v) is 19.0. The molecule has 11 nitrogen and oxygen atoms in total. The third kappa shape index (κ3) is 5.42. The molecule has 4 amide bonds. The van der Waals surface area contributed by atoms with E-state index >= 15 is 0 Å². The third-order valence-corrected chi connectivity index (χ3v) is 7.17. The van der Waals surface area contributed by atoms with Gasteiger partial charge in [-0.05, 0) is 41.8 Å². The minimum atomic E-state index is -4.17. The summed E-state index contributed by atoms with van der Waals surface area (Å²) >= 11 is 5.63. The Bertz CT molecular complexity index is 1190. The Morgan fingerprint density at radius 1 is 1.18 bits per heavy atom. The Balaban J connectivity index is 1.80. The number of benzene rings is 1. The number of nitrogens with one attached hydrogen (secondary N) is 1. The van der Waals surface area contributed by atoms with Crippen LogP contribution in [0.1, 0.15) is 12.8 Å². The number of likely N-dealkylation sites (N-methyl/N-ethyl adjacent to an activating group) is 1. The number of carbonyl (C=O) groups excluding carboxylic acids is 3. The van der Waals surface area contributed by atoms with E-state index in [2.05, 4.69) is 9.98 Å². The van der Waals surface area contributed by atoms with E-state index in [0.29, 0.717) is 0 Å². The summed E-state index contributed by atoms with van der Waals surface area (Å²) in [4.78, 5) is 44.4. The Labute approximate surface area is 194 Å². The van der Waals surface area contributed by atoms with Gasteiger partial charge < -0.3 is 0 Å². The van der Waals surface area contributed by atoms with Crippen LogP contribution in [-0.4, -0.2) is 70.5 Å². The number of halogens is 1. The Hall–Kier alpha value is -3.19. The number of pyridine rings is 1. The van der Waals surface area contributed by atoms with Crippen molar-refractivity contribution in [3.05, 3.63) is 48.8 Å². The second kappa shape index (κ2) is 10.2. The number of nitrogens with zero attached hydrogens (tertiary/aromatic N) is 4. The molecule has 33 heavy (non-hydrogen) atoms. The highest BCUT2D eigenvalue weighted by Gasteiger charge is 2.35. The van der Waals surface area contributed by atoms with Gasteiger partial charge in [0, 0.05) is 26.0 Å². The highest BCUT2D eigenvalue weighted by molar-refractivity contribution is 7.89. The molecule has 0 radical (unpaired) electrons. The van der Waals surface area contributed by atoms with Gasteiger partial charge in [-0.15, -0.1) is 0 Å². The van der Waals surface area contributed by atoms with Gasteiger partial charge in [0.05, 0.1) is 11.3 Å². The van der Waals surface area contributed by atoms with Gasteiger partial charge in [0.15, 0.2) is 0 Å². The number of hydroxylamine groups is 1. The molecule has 2 heterocycles. The molecule has 2 aromatic rings. The zero-order chi connectivity index (χ0) is 24.2. The number of rotatable bonds is 8. The van der Waals surface area contributed by atoms with Gasteiger partial charge in [-0.1, -0.05) is 23.7 Å². The predicted molar refractivity (Wildman–Crippen MR) is 118 cm³/mol. The third-order valence-electron chi connectivity index (χ3n) is 5.07. The normalized spacial score (nSPS) is 15.4. The summed E-state index contributed by atoms with van der Waals surface area (Å²) in [6.07, 6.45) is 2.68. The molecule has 0 spiro atoms. The van der Waals surface area contributed by atoms with E-state index in [-0.39, 0.29) is 29.5 Å². The first kappa shape index (κ1) is 24.5. The minimum absolute atomic E-state index is 0.0833. The lowest BCUT2D eigenvalue weighted by Crippen LogP contribution is -2.49. The van der Waals surface area contributed by atoms with Crippen LogP contribution in [-0.2, 0) is 19.6 Å². The molecule has 0 saturated carbocycles. The van der Waals surface area contributed by atoms with Crippen molar-refractivity contribution in [2.75, 3.05) is 13.6 Å². The molecule has 1 unspecified atom stereocenters. The Kier molecular flexibility index (Phi) is 7.53. The number of aliphatic imine (C=N–C) groups is 1. The molecule has 0 bridgehead atoms. The second-order valence-electron chi connectivity index (χ2n) is 7.05. The molecule has 2 N–H and O–H groups in total. The number of sulfonamides is 1. The van der Waals surface area contributed by atoms with Crippen LogP contribution in [0.3, 0.4) is 0 Å². The molecule has 3 rings (SSSR count). The van der Waals surface area contributed by atoms with Crippen molar-refractivity contribution < 1.29 is 28.0 Å². The van der Waals surface area contributed by atoms with E-state index in [1.807, 2.05) is 0 Å². The van der Waals surface area contributed by atoms with Crippen LogP contribution >= 0.6 is 11.6 Å². The fourth-order valence-electron chi connectivity index (χ4n) is 3.25. The first-order chi connectivity index (χ1) is 15.6. The van der Waals surface area contributed by atoms with Crippen molar-refractivity contribution in [2.45, 2.75) is 23.8 Å². The van der Waals surface area contributed by atoms with Gasteiger partial charge in [-0.25, -0.2) is 18.7 Å². The molecule has 1 aliphatic rings. The number of hydrogen-bond acceptors (Lipinski definition) is 7. The number of aromatic nitrogens is 1. The molecule has 174 valence electrons. The topological polar surface area (TPSA) is 149 Å². The molecular formula is C20H20ClN5O6S. The molecule has 0 saturated heterocycles. The molecule has 13 heteroatoms. The van der Waals surface area contributed by atoms with E-state index in [1.165, 1.54) is 24.7 Å². The summed E-state index contributed by atoms with van der Waals surface area (Å²) in [7, 11) is -3.00. The minimum Gasteiger partial charge on any atom is -0.289 e. The van der Waals surface area contributed by atoms with Crippen LogP contribution in [0, 0.1) is 0 Å². The van der Waals surface area contributed by atoms with Crippen molar-refractivity contribution in [3.63, 3.8) is 0 Å². The average molecular weight is 494 g/mol. The summed E-state index contributed by atoms with van der Waals surface area (Å²) in [5.74, 6) is -1.65. The highest BCUT2D eigenvalue weighted by atomic mass is 35.5. The van der Waals surface area contributed by atoms with Crippen LogP contribution in [0.25, 0.3) is 11.1 Å². The Morgan fingerprint density at radius 3 is 2.36 bits per heavy atom. The lowest BCUT2D eigenvalue weighted by Gasteiger charge is -2.28. The van der Waals surface area contributed by atoms with Crippen LogP contribution in [0.5, 0.6) is 0 Å². The number of hydrogen-bond donors (Lipinski definition) is 2. The molecule has 0 aliphatic carbocycles. The van der Waals surface area contributed by atoms with Crippen molar-refractivity contribution in [1.82, 2.24) is 19.7 Å². The van der Waals surface area contributed by atoms with Crippen LogP contribution in [0.15, 0.2) is 58.7 Å². The molecule has 1 aromatic heterocycles. The molecule has 1 aliphatic heterocycles. The number of carbonyl (C=O) groups is 3. The average Bonchev–Trinajstić information content (AvgIpc) is 2.80. The van der Waals surface area contributed by atoms with Gasteiger partial charge in [0.25, 0.3) is 5.91 Å². The summed E-state index contributed by atoms with van der Waals surface area (Å²) in [5, 5.41) is 8.96. The first-order valence-corrected chi connectivity index (χ1v) is 11.5. The lowest BCUT2D eigenvalue weighted by molar-refractivity contribution is -0.134. The van der Waals surface area contributed by atoms with Crippen molar-refractivity contribution in [1.29, 1.82) is 0 Å². The van der Waals surface area contributed by atoms with Gasteiger partial charge >= 0.3 is 6.03 Å². The highest BCUT2D eigenvalue weighted by Crippen LogP contribution is 2.24. The summed E-state index contributed by atoms with van der Waals surface area (Å²) in [6, 6.07) is 7.25. The van der Waals surface area contributed by atoms with Crippen molar-refractivity contribution in [2.24, 2.45) is 4.99 Å². The van der Waals surface area contributed by atoms with Crippen LogP contribution in [0.2, 0.25) is 0 Å². The van der Waals surface area contributed by atoms with Crippen molar-refractivity contribution in [3.8, 4) is 11.1 Å². The lowest BCUT2D eigenvalue weighted by atomic mass is 10.1. The van der Waals surface area contributed by atoms with Gasteiger partial charge in [-0.3, -0.25) is 24.7 Å². The van der Waals surface area contributed by atoms with E-state index in [4.69, 9.17) is 16.8 Å². The molecule has 1 atom stereocenters. The Morgan fingerprint density at radius 2 is 1.79 bits per heavy atom. The van der Waals surface area contributed by atoms with Gasteiger partial charge in [0.2, 0.25) is 15.9 Å². The summed E-state index contributed by atoms with van der Waals surface area (Å²) in [5.41, 5.74) is 3.04. The maximum Gasteiger partial charge on any atom is 0.351 e. The maximum atomic E-state index is 13.1. The van der Waals surface area contributed by atoms with E-state index in [9.17, 15) is 22.8 Å². The fraction of sp³-hybridized carbons (Fsp3) is 0.250. The first-order valence-electron chi connectivity index (χ1n) is 9.65. The summed E-state index contributed by atoms with van der Waals surface area (Å²) < 4.78 is 27.0. The SMILES string of the molecule is CN(C(CCN1C(=O)CC(Cl)=NC1=O)C(=O)NO)S(=O)(=O)c1ccc(-c2ccncc2)cc1. The molecular weight excluding hydrogens is 474 g/mol. The number of imide groups is 1. The summed E-state index contributed by atoms with van der Waals surface area (Å²) in [6.45, 7) is -0.301. The van der Waals surface area contributed by atoms with E-state index in [0.717, 1.165) is 20.3 Å². The zero-order valence-electron chi connectivity index (χ0n) is 17.4. The van der Waals surface area contributed by atoms with E-state index < -0.39 is 33.9 Å². The number of amides is 4. The monoisotopic (exact) mass is 493 g/mol. The smallest absolute Gasteiger partial charge is 0.289 e. The van der Waals surface area contributed by atoms with Gasteiger partial charge in [0.1, 0.15) is 11.2 Å². The molecule has 1 aromatic carbocycles. The van der Waals surface area contributed by atoms with Crippen LogP contribution in [0.4, 0.5) is 4.79 Å². The quantitative estimate of drug-likeness (QED) is 0.419. The number of urea groups is 1. The second-order valence-corrected chi connectivity index (χ2v) is 9.49. The van der Waals surface area contributed by atoms with E-state index in [1.54, 1.807) is 36.7 Å².